The van der Waals surface area contributed by atoms with Crippen LogP contribution >= 0.6 is 7.75 Å². The van der Waals surface area contributed by atoms with Gasteiger partial charge in [-0.3, -0.25) is 13.9 Å². The van der Waals surface area contributed by atoms with Gasteiger partial charge in [-0.1, -0.05) is 36.4 Å². The molecule has 4 aromatic rings. The van der Waals surface area contributed by atoms with Gasteiger partial charge in [0.25, 0.3) is 0 Å². The number of nitrogens with zero attached hydrogens (tertiary/aromatic N) is 4. The van der Waals surface area contributed by atoms with Crippen LogP contribution in [-0.4, -0.2) is 73.8 Å². The predicted molar refractivity (Wildman–Crippen MR) is 162 cm³/mol. The quantitative estimate of drug-likeness (QED) is 0.166. The van der Waals surface area contributed by atoms with Gasteiger partial charge in [-0.25, -0.2) is 13.9 Å². The third kappa shape index (κ3) is 6.72. The Balaban J connectivity index is 1.42. The third-order valence-corrected chi connectivity index (χ3v) is 8.69. The van der Waals surface area contributed by atoms with Crippen LogP contribution in [0.2, 0.25) is 0 Å². The number of imidazole rings is 1. The zero-order valence-electron chi connectivity index (χ0n) is 25.6. The van der Waals surface area contributed by atoms with Crippen molar-refractivity contribution < 1.29 is 42.1 Å². The maximum atomic E-state index is 16.1. The number of anilines is 1. The second-order valence-electron chi connectivity index (χ2n) is 11.8. The summed E-state index contributed by atoms with van der Waals surface area (Å²) in [6.45, 7) is 7.08. The number of alkyl halides is 1. The van der Waals surface area contributed by atoms with E-state index in [9.17, 15) is 14.5 Å². The van der Waals surface area contributed by atoms with Crippen LogP contribution in [0.25, 0.3) is 21.9 Å². The average Bonchev–Trinajstić information content (AvgIpc) is 3.48. The number of ether oxygens (including phenoxy) is 3. The smallest absolute Gasteiger partial charge is 0.459 e. The molecule has 6 atom stereocenters. The number of methoxy groups -OCH3 is 1. The Labute approximate surface area is 258 Å². The molecule has 4 N–H and O–H groups in total. The fourth-order valence-corrected chi connectivity index (χ4v) is 6.44. The van der Waals surface area contributed by atoms with E-state index in [0.717, 1.165) is 12.3 Å². The van der Waals surface area contributed by atoms with Crippen LogP contribution in [0, 0.1) is 0 Å². The van der Waals surface area contributed by atoms with Gasteiger partial charge in [0.15, 0.2) is 23.1 Å². The van der Waals surface area contributed by atoms with Crippen LogP contribution in [0.3, 0.4) is 0 Å². The molecule has 1 aliphatic rings. The zero-order valence-corrected chi connectivity index (χ0v) is 26.5. The van der Waals surface area contributed by atoms with Gasteiger partial charge in [-0.15, -0.1) is 0 Å². The van der Waals surface area contributed by atoms with E-state index in [0.29, 0.717) is 5.39 Å². The first-order chi connectivity index (χ1) is 21.1. The lowest BCUT2D eigenvalue weighted by Crippen LogP contribution is -2.41. The van der Waals surface area contributed by atoms with Crippen molar-refractivity contribution in [2.75, 3.05) is 19.5 Å². The zero-order chi connectivity index (χ0) is 32.7. The van der Waals surface area contributed by atoms with E-state index >= 15 is 4.39 Å². The Bertz CT molecular complexity index is 1760. The molecular formula is C29H36FN6O8P. The first-order valence-corrected chi connectivity index (χ1v) is 15.7. The van der Waals surface area contributed by atoms with Crippen molar-refractivity contribution in [3.63, 3.8) is 0 Å². The second kappa shape index (κ2) is 12.1. The Hall–Kier alpha value is -3.88. The number of hydrogen-bond acceptors (Lipinski definition) is 12. The Kier molecular flexibility index (Phi) is 8.77. The number of carbonyl (C=O) groups is 1. The number of fused-ring (bicyclic) bond motifs is 2. The maximum absolute atomic E-state index is 16.1. The monoisotopic (exact) mass is 646 g/mol. The van der Waals surface area contributed by atoms with Gasteiger partial charge in [0, 0.05) is 5.39 Å². The summed E-state index contributed by atoms with van der Waals surface area (Å²) in [5.74, 6) is -0.564. The van der Waals surface area contributed by atoms with Gasteiger partial charge in [0.05, 0.1) is 20.0 Å². The molecule has 14 nitrogen and oxygen atoms in total. The number of esters is 1. The highest BCUT2D eigenvalue weighted by Gasteiger charge is 2.56. The number of nitrogen functional groups attached to an aromatic ring is 1. The number of rotatable bonds is 10. The standard InChI is InChI=1S/C29H36FN6O8P/c1-16(25(38)43-28(2,3)4)35-45(39,44-19-13-9-11-17-10-7-8-12-18(17)19)41-14-20-22(37)29(5,30)26(42-20)36-15-32-21-23(36)33-27(31)34-24(21)40-6/h7-13,15-16,20,22,26,37H,14H2,1-6H3,(H,35,39)(H2,31,33,34)/t16-,20+,22+,26+,29+,45?/m0/s1. The van der Waals surface area contributed by atoms with Crippen molar-refractivity contribution in [1.29, 1.82) is 0 Å². The lowest BCUT2D eigenvalue weighted by atomic mass is 9.98. The minimum Gasteiger partial charge on any atom is -0.479 e. The molecule has 1 unspecified atom stereocenters. The van der Waals surface area contributed by atoms with Crippen molar-refractivity contribution in [2.24, 2.45) is 0 Å². The van der Waals surface area contributed by atoms with Gasteiger partial charge in [-0.2, -0.15) is 15.1 Å². The topological polar surface area (TPSA) is 182 Å². The van der Waals surface area contributed by atoms with E-state index in [4.69, 9.17) is 29.0 Å². The van der Waals surface area contributed by atoms with E-state index in [2.05, 4.69) is 20.0 Å². The molecule has 0 amide bonds. The minimum absolute atomic E-state index is 0.0759. The summed E-state index contributed by atoms with van der Waals surface area (Å²) in [4.78, 5) is 25.1. The first-order valence-electron chi connectivity index (χ1n) is 14.1. The molecule has 0 saturated carbocycles. The predicted octanol–water partition coefficient (Wildman–Crippen LogP) is 4.08. The molecule has 0 spiro atoms. The molecule has 5 rings (SSSR count). The molecule has 1 saturated heterocycles. The van der Waals surface area contributed by atoms with Crippen molar-refractivity contribution >= 4 is 41.6 Å². The summed E-state index contributed by atoms with van der Waals surface area (Å²) in [6.07, 6.45) is -3.28. The average molecular weight is 647 g/mol. The van der Waals surface area contributed by atoms with E-state index in [1.807, 2.05) is 18.2 Å². The van der Waals surface area contributed by atoms with E-state index in [1.165, 1.54) is 24.9 Å². The highest BCUT2D eigenvalue weighted by atomic mass is 31.2. The van der Waals surface area contributed by atoms with Crippen molar-refractivity contribution in [1.82, 2.24) is 24.6 Å². The maximum Gasteiger partial charge on any atom is 0.459 e. The minimum atomic E-state index is -4.42. The summed E-state index contributed by atoms with van der Waals surface area (Å²) >= 11 is 0. The lowest BCUT2D eigenvalue weighted by Gasteiger charge is -2.27. The number of aromatic nitrogens is 4. The van der Waals surface area contributed by atoms with Crippen molar-refractivity contribution in [3.05, 3.63) is 48.8 Å². The number of nitrogens with two attached hydrogens (primary N) is 1. The molecule has 0 aliphatic carbocycles. The highest BCUT2D eigenvalue weighted by Crippen LogP contribution is 2.49. The summed E-state index contributed by atoms with van der Waals surface area (Å²) in [5, 5.41) is 15.1. The van der Waals surface area contributed by atoms with Gasteiger partial charge < -0.3 is 29.6 Å². The Morgan fingerprint density at radius 3 is 2.67 bits per heavy atom. The molecule has 0 bridgehead atoms. The molecule has 242 valence electrons. The van der Waals surface area contributed by atoms with Crippen LogP contribution in [-0.2, 0) is 23.4 Å². The normalized spacial score (nSPS) is 24.0. The molecule has 0 radical (unpaired) electrons. The van der Waals surface area contributed by atoms with Gasteiger partial charge >= 0.3 is 13.7 Å². The number of aliphatic hydroxyl groups is 1. The fourth-order valence-electron chi connectivity index (χ4n) is 4.92. The molecule has 3 heterocycles. The Morgan fingerprint density at radius 2 is 1.96 bits per heavy atom. The largest absolute Gasteiger partial charge is 0.479 e. The second-order valence-corrected chi connectivity index (χ2v) is 13.5. The highest BCUT2D eigenvalue weighted by molar-refractivity contribution is 7.52. The number of benzene rings is 2. The van der Waals surface area contributed by atoms with Crippen LogP contribution in [0.15, 0.2) is 48.8 Å². The van der Waals surface area contributed by atoms with Gasteiger partial charge in [-0.05, 0) is 46.1 Å². The van der Waals surface area contributed by atoms with Crippen molar-refractivity contribution in [3.8, 4) is 11.6 Å². The number of halogens is 1. The number of hydrogen-bond donors (Lipinski definition) is 3. The van der Waals surface area contributed by atoms with Crippen LogP contribution in [0.5, 0.6) is 11.6 Å². The van der Waals surface area contributed by atoms with Crippen LogP contribution < -0.4 is 20.1 Å². The Morgan fingerprint density at radius 1 is 1.24 bits per heavy atom. The number of aliphatic hydroxyl groups excluding tert-OH is 1. The third-order valence-electron chi connectivity index (χ3n) is 7.06. The fraction of sp³-hybridized carbons (Fsp3) is 0.448. The number of nitrogens with one attached hydrogen (secondary N) is 1. The molecule has 1 aliphatic heterocycles. The SMILES string of the molecule is COc1nc(N)nc2c1ncn2[C@@H]1O[C@H](COP(=O)(N[C@@H](C)C(=O)OC(C)(C)C)Oc2cccc3ccccc23)[C@@H](O)[C@@]1(C)F. The van der Waals surface area contributed by atoms with Gasteiger partial charge in [0.1, 0.15) is 29.6 Å². The summed E-state index contributed by atoms with van der Waals surface area (Å²) < 4.78 is 59.9. The molecule has 16 heteroatoms. The molecule has 2 aromatic carbocycles. The summed E-state index contributed by atoms with van der Waals surface area (Å²) in [7, 11) is -3.04. The molecular weight excluding hydrogens is 610 g/mol. The van der Waals surface area contributed by atoms with E-state index < -0.39 is 56.1 Å². The molecule has 1 fully saturated rings. The summed E-state index contributed by atoms with van der Waals surface area (Å²) in [5.41, 5.74) is 2.91. The van der Waals surface area contributed by atoms with E-state index in [-0.39, 0.29) is 28.7 Å². The number of carbonyl (C=O) groups excluding carboxylic acids is 1. The van der Waals surface area contributed by atoms with Gasteiger partial charge in [0.2, 0.25) is 11.8 Å². The first kappa shape index (κ1) is 32.5. The van der Waals surface area contributed by atoms with Crippen LogP contribution in [0.4, 0.5) is 10.3 Å². The van der Waals surface area contributed by atoms with Crippen molar-refractivity contribution in [2.45, 2.75) is 70.4 Å². The van der Waals surface area contributed by atoms with E-state index in [1.54, 1.807) is 45.0 Å². The van der Waals surface area contributed by atoms with Crippen LogP contribution in [0.1, 0.15) is 40.8 Å². The molecule has 45 heavy (non-hydrogen) atoms. The molecule has 2 aromatic heterocycles. The lowest BCUT2D eigenvalue weighted by molar-refractivity contribution is -0.156. The summed E-state index contributed by atoms with van der Waals surface area (Å²) in [6, 6.07) is 11.3.